The number of nitrogens with one attached hydrogen (secondary N) is 3. The minimum Gasteiger partial charge on any atom is -0.486 e. The molecule has 7 aliphatic rings. The summed E-state index contributed by atoms with van der Waals surface area (Å²) in [4.78, 5) is 44.4. The van der Waals surface area contributed by atoms with Crippen molar-refractivity contribution in [1.29, 1.82) is 0 Å². The maximum atomic E-state index is 15.3. The SMILES string of the molecule is C.C.C.C.CS(=O)(=O)OC[C@@H](NC(=O)OCc1ccccc1)[C@H](O)c1ccc2c(c1)OCCO2.C[C@H]1CCCN1C[C@@H](N)[C@H](O)c1ccc2c(c1)OCCO2.C[C@H]1CCCN1C[C@@H](NC(=O)C(F)(F)c1cc2cc(Cl)ccc2o1)[C@H](O)c1ccc2c(c1)OCCO2.C[C@H]1CCCN1C[C@@H](NC(=O)OCc1ccccc1)[C@H](O)c1ccc2c(c1)OCCO2. The van der Waals surface area contributed by atoms with E-state index in [1.165, 1.54) is 31.0 Å². The molecule has 0 aliphatic carbocycles. The number of hydrogen-bond acceptors (Lipinski definition) is 25. The van der Waals surface area contributed by atoms with E-state index in [0.29, 0.717) is 139 Å². The number of nitrogens with two attached hydrogens (primary N) is 1. The number of alkyl carbamates (subject to hydrolysis) is 2. The van der Waals surface area contributed by atoms with Gasteiger partial charge in [-0.25, -0.2) is 9.59 Å². The van der Waals surface area contributed by atoms with Gasteiger partial charge in [0.15, 0.2) is 51.8 Å². The third-order valence-electron chi connectivity index (χ3n) is 21.4. The molecule has 8 aromatic rings. The van der Waals surface area contributed by atoms with E-state index in [4.69, 9.17) is 73.3 Å². The largest absolute Gasteiger partial charge is 0.486 e. The summed E-state index contributed by atoms with van der Waals surface area (Å²) in [6.07, 6.45) is 1.96. The molecule has 0 spiro atoms. The van der Waals surface area contributed by atoms with Gasteiger partial charge < -0.3 is 93.9 Å². The van der Waals surface area contributed by atoms with Crippen LogP contribution in [0, 0.1) is 0 Å². The predicted octanol–water partition coefficient (Wildman–Crippen LogP) is 13.5. The van der Waals surface area contributed by atoms with Crippen molar-refractivity contribution in [1.82, 2.24) is 30.7 Å². The van der Waals surface area contributed by atoms with Crippen LogP contribution in [0.2, 0.25) is 5.02 Å². The molecular formula is C90H120ClF2N7O21S. The second-order valence-corrected chi connectivity index (χ2v) is 32.2. The molecule has 7 aromatic carbocycles. The molecule has 32 heteroatoms. The summed E-state index contributed by atoms with van der Waals surface area (Å²) in [5, 5.41) is 52.2. The monoisotopic (exact) mass is 1740 g/mol. The number of fused-ring (bicyclic) bond motifs is 5. The van der Waals surface area contributed by atoms with Gasteiger partial charge in [0.25, 0.3) is 16.0 Å². The van der Waals surface area contributed by atoms with Crippen LogP contribution in [0.5, 0.6) is 46.0 Å². The Balaban J connectivity index is 0.000000203. The molecule has 28 nitrogen and oxygen atoms in total. The lowest BCUT2D eigenvalue weighted by molar-refractivity contribution is -0.151. The number of alkyl halides is 2. The zero-order valence-electron chi connectivity index (χ0n) is 66.3. The molecule has 0 saturated carbocycles. The average Bonchev–Trinajstić information content (AvgIpc) is 1.63. The van der Waals surface area contributed by atoms with E-state index in [1.807, 2.05) is 79.7 Å². The Labute approximate surface area is 719 Å². The zero-order valence-corrected chi connectivity index (χ0v) is 67.9. The van der Waals surface area contributed by atoms with Gasteiger partial charge in [0.1, 0.15) is 90.0 Å². The number of likely N-dealkylation sites (tertiary alicyclic amines) is 3. The van der Waals surface area contributed by atoms with Crippen LogP contribution in [0.3, 0.4) is 0 Å². The van der Waals surface area contributed by atoms with Gasteiger partial charge in [0, 0.05) is 54.2 Å². The van der Waals surface area contributed by atoms with Crippen LogP contribution >= 0.6 is 11.6 Å². The van der Waals surface area contributed by atoms with Gasteiger partial charge >= 0.3 is 18.1 Å². The normalized spacial score (nSPS) is 19.0. The summed E-state index contributed by atoms with van der Waals surface area (Å²) in [6, 6.07) is 43.1. The number of amides is 3. The first-order valence-electron chi connectivity index (χ1n) is 39.7. The molecule has 0 unspecified atom stereocenters. The number of aliphatic hydroxyl groups is 4. The van der Waals surface area contributed by atoms with Gasteiger partial charge in [-0.1, -0.05) is 126 Å². The van der Waals surface area contributed by atoms with Crippen LogP contribution < -0.4 is 59.6 Å². The second-order valence-electron chi connectivity index (χ2n) is 30.1. The number of benzene rings is 7. The van der Waals surface area contributed by atoms with Gasteiger partial charge in [-0.05, 0) is 185 Å². The number of ether oxygens (including phenoxy) is 10. The Morgan fingerprint density at radius 2 is 0.836 bits per heavy atom. The standard InChI is InChI=1S/C26H27ClF2N2O5.C24H30N2O5.C20H23NO8S.C16H24N2O3.4CH4/c1-15-3-2-8-31(15)14-19(24(32)16-4-6-21-22(12-16)35-10-9-34-21)30-25(33)26(28,29)23-13-17-11-18(27)5-7-20(17)36-23;1-17-6-5-11-26(17)15-20(25-24(28)31-16-18-7-3-2-4-8-18)23(27)19-9-10-21-22(14-19)30-13-12-29-21;1-30(24,25)29-13-16(21-20(23)28-12-14-5-3-2-4-6-14)19(22)15-7-8-17-18(11-15)27-10-9-26-17;1-11-3-2-6-18(11)10-13(17)16(19)12-4-5-14-15(9-12)21-8-7-20-14;;;;/h4-7,11-13,15,19,24,32H,2-3,8-10,14H2,1H3,(H,30,33);2-4,7-10,14,17,20,23,27H,5-6,11-13,15-16H2,1H3,(H,25,28);2-8,11,16,19,22H,9-10,12-13H2,1H3,(H,21,23);4-5,9,11,13,16,19H,2-3,6-8,10,17H2,1H3;4*1H4/t15-,19+,24+;17-,20+,23+;16-,19-;11-,13+,16+;;;;/m0010..../s1. The Bertz CT molecular complexity index is 4760. The molecular weight excluding hydrogens is 1620 g/mol. The van der Waals surface area contributed by atoms with E-state index in [-0.39, 0.29) is 67.1 Å². The Kier molecular flexibility index (Phi) is 36.9. The van der Waals surface area contributed by atoms with Gasteiger partial charge in [-0.2, -0.15) is 17.2 Å². The van der Waals surface area contributed by atoms with Crippen LogP contribution in [-0.4, -0.2) is 209 Å². The fourth-order valence-corrected chi connectivity index (χ4v) is 15.4. The molecule has 668 valence electrons. The van der Waals surface area contributed by atoms with E-state index < -0.39 is 89.0 Å². The number of nitrogens with zero attached hydrogens (tertiary/aromatic N) is 3. The second kappa shape index (κ2) is 46.1. The molecule has 11 atom stereocenters. The van der Waals surface area contributed by atoms with Crippen LogP contribution in [0.1, 0.15) is 153 Å². The van der Waals surface area contributed by atoms with Crippen LogP contribution in [0.15, 0.2) is 162 Å². The highest BCUT2D eigenvalue weighted by Crippen LogP contribution is 2.40. The Morgan fingerprint density at radius 3 is 1.21 bits per heavy atom. The van der Waals surface area contributed by atoms with Crippen molar-refractivity contribution in [2.24, 2.45) is 5.73 Å². The van der Waals surface area contributed by atoms with Crippen molar-refractivity contribution in [2.75, 3.05) is 105 Å². The number of aliphatic hydroxyl groups excluding tert-OH is 4. The highest BCUT2D eigenvalue weighted by molar-refractivity contribution is 7.86. The zero-order chi connectivity index (χ0) is 83.5. The highest BCUT2D eigenvalue weighted by atomic mass is 35.5. The molecule has 8 heterocycles. The van der Waals surface area contributed by atoms with E-state index in [1.54, 1.807) is 60.7 Å². The lowest BCUT2D eigenvalue weighted by Crippen LogP contribution is -2.51. The van der Waals surface area contributed by atoms with E-state index in [0.717, 1.165) is 86.6 Å². The summed E-state index contributed by atoms with van der Waals surface area (Å²) in [7, 11) is -3.79. The molecule has 3 saturated heterocycles. The number of halogens is 3. The number of carbonyl (C=O) groups excluding carboxylic acids is 3. The Morgan fingerprint density at radius 1 is 0.484 bits per heavy atom. The van der Waals surface area contributed by atoms with Gasteiger partial charge in [0.05, 0.1) is 37.1 Å². The maximum Gasteiger partial charge on any atom is 0.407 e. The maximum absolute atomic E-state index is 15.3. The van der Waals surface area contributed by atoms with Crippen LogP contribution in [-0.2, 0) is 47.7 Å². The minimum atomic E-state index is -3.97. The van der Waals surface area contributed by atoms with Gasteiger partial charge in [-0.3, -0.25) is 23.7 Å². The first-order chi connectivity index (χ1) is 56.8. The van der Waals surface area contributed by atoms with E-state index >= 15 is 8.78 Å². The summed E-state index contributed by atoms with van der Waals surface area (Å²) in [6.45, 7) is 14.1. The first-order valence-corrected chi connectivity index (χ1v) is 41.9. The molecule has 7 aliphatic heterocycles. The topological polar surface area (TPSA) is 353 Å². The van der Waals surface area contributed by atoms with E-state index in [2.05, 4.69) is 44.5 Å². The van der Waals surface area contributed by atoms with Gasteiger partial charge in [0.2, 0.25) is 0 Å². The number of rotatable bonds is 26. The fourth-order valence-electron chi connectivity index (χ4n) is 14.8. The molecule has 3 amide bonds. The lowest BCUT2D eigenvalue weighted by atomic mass is 10.00. The van der Waals surface area contributed by atoms with Crippen LogP contribution in [0.25, 0.3) is 11.0 Å². The molecule has 3 fully saturated rings. The third kappa shape index (κ3) is 26.9. The fraction of sp³-hybridized carbons (Fsp3) is 0.478. The predicted molar refractivity (Wildman–Crippen MR) is 460 cm³/mol. The first kappa shape index (κ1) is 97.7. The van der Waals surface area contributed by atoms with Crippen molar-refractivity contribution in [2.45, 2.75) is 175 Å². The molecule has 122 heavy (non-hydrogen) atoms. The minimum absolute atomic E-state index is 0. The number of hydrogen-bond donors (Lipinski definition) is 8. The van der Waals surface area contributed by atoms with Crippen molar-refractivity contribution < 1.29 is 108 Å². The van der Waals surface area contributed by atoms with Crippen LogP contribution in [0.4, 0.5) is 18.4 Å². The number of carbonyl (C=O) groups is 3. The summed E-state index contributed by atoms with van der Waals surface area (Å²) >= 11 is 5.95. The van der Waals surface area contributed by atoms with Crippen molar-refractivity contribution in [3.05, 3.63) is 202 Å². The highest BCUT2D eigenvalue weighted by Gasteiger charge is 2.47. The summed E-state index contributed by atoms with van der Waals surface area (Å²) < 4.78 is 118. The molecule has 9 N–H and O–H groups in total. The van der Waals surface area contributed by atoms with Crippen molar-refractivity contribution in [3.8, 4) is 46.0 Å². The third-order valence-corrected chi connectivity index (χ3v) is 22.2. The van der Waals surface area contributed by atoms with Gasteiger partial charge in [-0.15, -0.1) is 0 Å². The number of furan rings is 1. The molecule has 15 rings (SSSR count). The van der Waals surface area contributed by atoms with Crippen molar-refractivity contribution >= 4 is 50.8 Å². The summed E-state index contributed by atoms with van der Waals surface area (Å²) in [5.74, 6) is -1.61. The average molecular weight is 1740 g/mol. The Hall–Kier alpha value is -9.77. The molecule has 0 radical (unpaired) electrons. The molecule has 1 aromatic heterocycles. The van der Waals surface area contributed by atoms with Crippen molar-refractivity contribution in [3.63, 3.8) is 0 Å². The smallest absolute Gasteiger partial charge is 0.407 e. The summed E-state index contributed by atoms with van der Waals surface area (Å²) in [5.41, 5.74) is 10.4. The lowest BCUT2D eigenvalue weighted by Gasteiger charge is -2.32. The quantitative estimate of drug-likeness (QED) is 0.0233. The molecule has 0 bridgehead atoms. The van der Waals surface area contributed by atoms with E-state index in [9.17, 15) is 43.2 Å².